The first kappa shape index (κ1) is 23.7. The van der Waals surface area contributed by atoms with Gasteiger partial charge < -0.3 is 20.4 Å². The molecule has 34 heavy (non-hydrogen) atoms. The number of hydrogen-bond acceptors (Lipinski definition) is 7. The van der Waals surface area contributed by atoms with E-state index in [4.69, 9.17) is 0 Å². The summed E-state index contributed by atoms with van der Waals surface area (Å²) in [5.74, 6) is -0.516. The maximum absolute atomic E-state index is 13.1. The molecular formula is C24H27FN6O2S. The number of amides is 2. The van der Waals surface area contributed by atoms with Crippen molar-refractivity contribution >= 4 is 45.3 Å². The molecule has 1 aromatic heterocycles. The van der Waals surface area contributed by atoms with Gasteiger partial charge in [-0.15, -0.1) is 11.3 Å². The van der Waals surface area contributed by atoms with E-state index in [-0.39, 0.29) is 24.2 Å². The second-order valence-electron chi connectivity index (χ2n) is 8.23. The second kappa shape index (κ2) is 10.6. The summed E-state index contributed by atoms with van der Waals surface area (Å²) >= 11 is 1.32. The van der Waals surface area contributed by atoms with Crippen LogP contribution in [0.1, 0.15) is 10.5 Å². The summed E-state index contributed by atoms with van der Waals surface area (Å²) in [4.78, 5) is 35.4. The van der Waals surface area contributed by atoms with Crippen LogP contribution in [0.2, 0.25) is 0 Å². The molecule has 1 aliphatic rings. The number of anilines is 4. The molecule has 4 rings (SSSR count). The Bertz CT molecular complexity index is 1130. The van der Waals surface area contributed by atoms with Crippen LogP contribution in [0.4, 0.5) is 26.6 Å². The van der Waals surface area contributed by atoms with Gasteiger partial charge >= 0.3 is 0 Å². The lowest BCUT2D eigenvalue weighted by Crippen LogP contribution is -2.50. The minimum atomic E-state index is -0.309. The lowest BCUT2D eigenvalue weighted by Gasteiger charge is -2.33. The highest BCUT2D eigenvalue weighted by molar-refractivity contribution is 7.14. The SMILES string of the molecule is CN(C)c1ccc(NC(=O)CN2CCN(C(=O)c3csc(Nc4ccc(F)cc4)n3)CC2)cc1. The van der Waals surface area contributed by atoms with E-state index in [0.29, 0.717) is 42.7 Å². The summed E-state index contributed by atoms with van der Waals surface area (Å²) in [6.07, 6.45) is 0. The number of aromatic nitrogens is 1. The Morgan fingerprint density at radius 2 is 1.65 bits per heavy atom. The number of carbonyl (C=O) groups is 2. The van der Waals surface area contributed by atoms with Gasteiger partial charge in [0.05, 0.1) is 6.54 Å². The van der Waals surface area contributed by atoms with Gasteiger partial charge in [-0.05, 0) is 48.5 Å². The molecule has 1 saturated heterocycles. The Kier molecular flexibility index (Phi) is 7.39. The van der Waals surface area contributed by atoms with Crippen LogP contribution >= 0.6 is 11.3 Å². The molecule has 2 amide bonds. The smallest absolute Gasteiger partial charge is 0.273 e. The van der Waals surface area contributed by atoms with E-state index in [1.54, 1.807) is 22.4 Å². The van der Waals surface area contributed by atoms with Crippen molar-refractivity contribution in [2.75, 3.05) is 62.4 Å². The van der Waals surface area contributed by atoms with Crippen LogP contribution in [0, 0.1) is 5.82 Å². The van der Waals surface area contributed by atoms with Gasteiger partial charge in [0.25, 0.3) is 5.91 Å². The van der Waals surface area contributed by atoms with Gasteiger partial charge in [-0.2, -0.15) is 0 Å². The van der Waals surface area contributed by atoms with E-state index in [0.717, 1.165) is 11.4 Å². The number of benzene rings is 2. The highest BCUT2D eigenvalue weighted by Gasteiger charge is 2.25. The van der Waals surface area contributed by atoms with Crippen LogP contribution in [0.25, 0.3) is 0 Å². The van der Waals surface area contributed by atoms with E-state index >= 15 is 0 Å². The monoisotopic (exact) mass is 482 g/mol. The second-order valence-corrected chi connectivity index (χ2v) is 9.09. The number of carbonyl (C=O) groups excluding carboxylic acids is 2. The Morgan fingerprint density at radius 3 is 2.29 bits per heavy atom. The number of hydrogen-bond donors (Lipinski definition) is 2. The van der Waals surface area contributed by atoms with Crippen molar-refractivity contribution in [2.24, 2.45) is 0 Å². The maximum Gasteiger partial charge on any atom is 0.273 e. The number of piperazine rings is 1. The van der Waals surface area contributed by atoms with E-state index in [1.807, 2.05) is 48.2 Å². The molecule has 2 aromatic carbocycles. The fourth-order valence-corrected chi connectivity index (χ4v) is 4.31. The van der Waals surface area contributed by atoms with E-state index < -0.39 is 0 Å². The van der Waals surface area contributed by atoms with Crippen molar-refractivity contribution in [1.82, 2.24) is 14.8 Å². The molecule has 0 bridgehead atoms. The van der Waals surface area contributed by atoms with Gasteiger partial charge in [0.15, 0.2) is 5.13 Å². The number of nitrogens with zero attached hydrogens (tertiary/aromatic N) is 4. The molecule has 1 fully saturated rings. The van der Waals surface area contributed by atoms with Crippen LogP contribution in [-0.2, 0) is 4.79 Å². The van der Waals surface area contributed by atoms with E-state index in [9.17, 15) is 14.0 Å². The quantitative estimate of drug-likeness (QED) is 0.537. The minimum Gasteiger partial charge on any atom is -0.378 e. The van der Waals surface area contributed by atoms with Gasteiger partial charge in [-0.3, -0.25) is 14.5 Å². The van der Waals surface area contributed by atoms with Crippen molar-refractivity contribution < 1.29 is 14.0 Å². The normalized spacial score (nSPS) is 14.0. The van der Waals surface area contributed by atoms with Gasteiger partial charge in [-0.25, -0.2) is 9.37 Å². The molecule has 1 aliphatic heterocycles. The summed E-state index contributed by atoms with van der Waals surface area (Å²) in [5.41, 5.74) is 2.91. The highest BCUT2D eigenvalue weighted by atomic mass is 32.1. The topological polar surface area (TPSA) is 80.8 Å². The predicted molar refractivity (Wildman–Crippen MR) is 134 cm³/mol. The third kappa shape index (κ3) is 6.09. The molecule has 0 unspecified atom stereocenters. The number of nitrogens with one attached hydrogen (secondary N) is 2. The van der Waals surface area contributed by atoms with Crippen LogP contribution in [0.5, 0.6) is 0 Å². The molecule has 0 aliphatic carbocycles. The molecule has 178 valence electrons. The van der Waals surface area contributed by atoms with Crippen molar-refractivity contribution in [2.45, 2.75) is 0 Å². The fourth-order valence-electron chi connectivity index (χ4n) is 3.60. The molecule has 0 saturated carbocycles. The van der Waals surface area contributed by atoms with Crippen molar-refractivity contribution in [3.8, 4) is 0 Å². The third-order valence-corrected chi connectivity index (χ3v) is 6.27. The van der Waals surface area contributed by atoms with Crippen molar-refractivity contribution in [3.05, 3.63) is 65.4 Å². The van der Waals surface area contributed by atoms with Crippen LogP contribution in [0.15, 0.2) is 53.9 Å². The van der Waals surface area contributed by atoms with Crippen LogP contribution < -0.4 is 15.5 Å². The molecular weight excluding hydrogens is 455 g/mol. The molecule has 8 nitrogen and oxygen atoms in total. The number of thiazole rings is 1. The highest BCUT2D eigenvalue weighted by Crippen LogP contribution is 2.22. The standard InChI is InChI=1S/C24H27FN6O2S/c1-29(2)20-9-7-18(8-10-20)26-22(32)15-30-11-13-31(14-12-30)23(33)21-16-34-24(28-21)27-19-5-3-17(25)4-6-19/h3-10,16H,11-15H2,1-2H3,(H,26,32)(H,27,28). The zero-order valence-corrected chi connectivity index (χ0v) is 19.9. The summed E-state index contributed by atoms with van der Waals surface area (Å²) in [7, 11) is 3.94. The van der Waals surface area contributed by atoms with Gasteiger partial charge in [0, 0.05) is 62.7 Å². The zero-order chi connectivity index (χ0) is 24.1. The maximum atomic E-state index is 13.1. The lowest BCUT2D eigenvalue weighted by molar-refractivity contribution is -0.117. The Labute approximate surface area is 202 Å². The Morgan fingerprint density at radius 1 is 1.00 bits per heavy atom. The molecule has 0 radical (unpaired) electrons. The largest absolute Gasteiger partial charge is 0.378 e. The minimum absolute atomic E-state index is 0.0756. The zero-order valence-electron chi connectivity index (χ0n) is 19.1. The van der Waals surface area contributed by atoms with Crippen LogP contribution in [0.3, 0.4) is 0 Å². The first-order valence-corrected chi connectivity index (χ1v) is 11.8. The first-order valence-electron chi connectivity index (χ1n) is 10.9. The van der Waals surface area contributed by atoms with E-state index in [2.05, 4.69) is 15.6 Å². The average Bonchev–Trinajstić information content (AvgIpc) is 3.29. The van der Waals surface area contributed by atoms with Gasteiger partial charge in [-0.1, -0.05) is 0 Å². The molecule has 2 N–H and O–H groups in total. The molecule has 0 atom stereocenters. The van der Waals surface area contributed by atoms with E-state index in [1.165, 1.54) is 23.5 Å². The van der Waals surface area contributed by atoms with Crippen molar-refractivity contribution in [1.29, 1.82) is 0 Å². The molecule has 0 spiro atoms. The lowest BCUT2D eigenvalue weighted by atomic mass is 10.2. The predicted octanol–water partition coefficient (Wildman–Crippen LogP) is 3.49. The Hall–Kier alpha value is -3.50. The third-order valence-electron chi connectivity index (χ3n) is 5.51. The summed E-state index contributed by atoms with van der Waals surface area (Å²) < 4.78 is 13.1. The van der Waals surface area contributed by atoms with Gasteiger partial charge in [0.1, 0.15) is 11.5 Å². The summed E-state index contributed by atoms with van der Waals surface area (Å²) in [6.45, 7) is 2.57. The van der Waals surface area contributed by atoms with Crippen LogP contribution in [-0.4, -0.2) is 73.4 Å². The summed E-state index contributed by atoms with van der Waals surface area (Å²) in [6, 6.07) is 13.6. The average molecular weight is 483 g/mol. The number of halogens is 1. The first-order chi connectivity index (χ1) is 16.4. The number of rotatable bonds is 7. The summed E-state index contributed by atoms with van der Waals surface area (Å²) in [5, 5.41) is 8.30. The Balaban J connectivity index is 1.24. The molecule has 3 aromatic rings. The molecule has 10 heteroatoms. The molecule has 2 heterocycles. The fraction of sp³-hybridized carbons (Fsp3) is 0.292. The van der Waals surface area contributed by atoms with Gasteiger partial charge in [0.2, 0.25) is 5.91 Å². The van der Waals surface area contributed by atoms with Crippen molar-refractivity contribution in [3.63, 3.8) is 0 Å².